The maximum atomic E-state index is 11.9. The molecule has 0 atom stereocenters. The minimum Gasteiger partial charge on any atom is -0.293 e. The van der Waals surface area contributed by atoms with E-state index >= 15 is 0 Å². The average molecular weight is 263 g/mol. The molecule has 0 fully saturated rings. The minimum absolute atomic E-state index is 0.0266. The van der Waals surface area contributed by atoms with Gasteiger partial charge >= 0.3 is 5.69 Å². The predicted octanol–water partition coefficient (Wildman–Crippen LogP) is 1.57. The number of rotatable bonds is 5. The fourth-order valence-corrected chi connectivity index (χ4v) is 2.43. The fraction of sp³-hybridized carbons (Fsp3) is 0.250. The summed E-state index contributed by atoms with van der Waals surface area (Å²) in [6.07, 6.45) is 0. The number of aromatic nitrogens is 3. The Morgan fingerprint density at radius 1 is 1.39 bits per heavy atom. The van der Waals surface area contributed by atoms with Gasteiger partial charge in [0.1, 0.15) is 0 Å². The first kappa shape index (κ1) is 12.6. The lowest BCUT2D eigenvalue weighted by Gasteiger charge is -2.02. The highest BCUT2D eigenvalue weighted by Gasteiger charge is 2.11. The average Bonchev–Trinajstić information content (AvgIpc) is 2.77. The van der Waals surface area contributed by atoms with Crippen LogP contribution in [-0.4, -0.2) is 26.3 Å². The summed E-state index contributed by atoms with van der Waals surface area (Å²) >= 11 is 1.27. The molecule has 6 heteroatoms. The molecule has 1 heterocycles. The van der Waals surface area contributed by atoms with E-state index in [1.54, 1.807) is 12.1 Å². The van der Waals surface area contributed by atoms with Gasteiger partial charge in [0.15, 0.2) is 10.9 Å². The minimum atomic E-state index is -0.243. The van der Waals surface area contributed by atoms with E-state index < -0.39 is 0 Å². The molecule has 1 N–H and O–H groups in total. The van der Waals surface area contributed by atoms with Crippen molar-refractivity contribution in [1.29, 1.82) is 0 Å². The monoisotopic (exact) mass is 263 g/mol. The van der Waals surface area contributed by atoms with Gasteiger partial charge in [-0.15, -0.1) is 5.10 Å². The largest absolute Gasteiger partial charge is 0.343 e. The highest BCUT2D eigenvalue weighted by Crippen LogP contribution is 2.15. The molecule has 18 heavy (non-hydrogen) atoms. The number of nitrogens with one attached hydrogen (secondary N) is 1. The Morgan fingerprint density at radius 2 is 2.11 bits per heavy atom. The van der Waals surface area contributed by atoms with Crippen molar-refractivity contribution in [3.05, 3.63) is 46.4 Å². The third-order valence-corrected chi connectivity index (χ3v) is 3.44. The zero-order chi connectivity index (χ0) is 13.0. The summed E-state index contributed by atoms with van der Waals surface area (Å²) in [6.45, 7) is 2.40. The van der Waals surface area contributed by atoms with Crippen LogP contribution in [0.4, 0.5) is 0 Å². The van der Waals surface area contributed by atoms with Crippen molar-refractivity contribution in [1.82, 2.24) is 14.8 Å². The number of aromatic amines is 1. The molecule has 94 valence electrons. The quantitative estimate of drug-likeness (QED) is 0.656. The molecule has 0 aliphatic carbocycles. The van der Waals surface area contributed by atoms with Gasteiger partial charge in [0, 0.05) is 12.1 Å². The number of nitrogens with zero attached hydrogens (tertiary/aromatic N) is 2. The van der Waals surface area contributed by atoms with Gasteiger partial charge in [-0.1, -0.05) is 42.1 Å². The second-order valence-electron chi connectivity index (χ2n) is 3.63. The Hall–Kier alpha value is -1.82. The van der Waals surface area contributed by atoms with E-state index in [9.17, 15) is 9.59 Å². The summed E-state index contributed by atoms with van der Waals surface area (Å²) in [5.74, 6) is 0.299. The first-order chi connectivity index (χ1) is 8.72. The highest BCUT2D eigenvalue weighted by atomic mass is 32.2. The number of hydrogen-bond acceptors (Lipinski definition) is 4. The van der Waals surface area contributed by atoms with Crippen molar-refractivity contribution in [3.63, 3.8) is 0 Å². The van der Waals surface area contributed by atoms with E-state index in [1.807, 2.05) is 25.1 Å². The van der Waals surface area contributed by atoms with E-state index in [0.29, 0.717) is 17.3 Å². The molecule has 0 aliphatic rings. The first-order valence-corrected chi connectivity index (χ1v) is 6.57. The van der Waals surface area contributed by atoms with Gasteiger partial charge < -0.3 is 0 Å². The number of Topliss-reactive ketones (excluding diaryl/α,β-unsaturated/α-hetero) is 1. The third kappa shape index (κ3) is 2.70. The van der Waals surface area contributed by atoms with Crippen molar-refractivity contribution in [2.75, 3.05) is 5.75 Å². The Bertz CT molecular complexity index is 589. The van der Waals surface area contributed by atoms with Crippen LogP contribution in [0.1, 0.15) is 17.3 Å². The Balaban J connectivity index is 2.04. The van der Waals surface area contributed by atoms with Crippen LogP contribution >= 0.6 is 11.8 Å². The van der Waals surface area contributed by atoms with Crippen molar-refractivity contribution >= 4 is 17.5 Å². The number of benzene rings is 1. The van der Waals surface area contributed by atoms with Crippen LogP contribution in [0.5, 0.6) is 0 Å². The fourth-order valence-electron chi connectivity index (χ4n) is 1.53. The van der Waals surface area contributed by atoms with Crippen molar-refractivity contribution < 1.29 is 4.79 Å². The zero-order valence-corrected chi connectivity index (χ0v) is 10.7. The molecular weight excluding hydrogens is 250 g/mol. The molecule has 1 aromatic heterocycles. The normalized spacial score (nSPS) is 10.5. The van der Waals surface area contributed by atoms with E-state index in [2.05, 4.69) is 10.2 Å². The number of ketones is 1. The molecule has 1 aromatic carbocycles. The van der Waals surface area contributed by atoms with Crippen LogP contribution in [0.3, 0.4) is 0 Å². The Morgan fingerprint density at radius 3 is 2.78 bits per heavy atom. The molecule has 0 spiro atoms. The zero-order valence-electron chi connectivity index (χ0n) is 9.92. The second kappa shape index (κ2) is 5.68. The molecule has 0 radical (unpaired) electrons. The summed E-state index contributed by atoms with van der Waals surface area (Å²) in [7, 11) is 0. The summed E-state index contributed by atoms with van der Waals surface area (Å²) in [4.78, 5) is 23.2. The van der Waals surface area contributed by atoms with Gasteiger partial charge in [-0.2, -0.15) is 0 Å². The lowest BCUT2D eigenvalue weighted by molar-refractivity contribution is 0.102. The van der Waals surface area contributed by atoms with Crippen LogP contribution in [-0.2, 0) is 6.54 Å². The number of carbonyl (C=O) groups excluding carboxylic acids is 1. The standard InChI is InChI=1S/C12H13N3O2S/c1-2-15-11(17)13-14-12(15)18-8-10(16)9-6-4-3-5-7-9/h3-7H,2,8H2,1H3,(H,13,17). The highest BCUT2D eigenvalue weighted by molar-refractivity contribution is 7.99. The Kier molecular flexibility index (Phi) is 3.99. The Labute approximate surface area is 108 Å². The SMILES string of the molecule is CCn1c(SCC(=O)c2ccccc2)n[nH]c1=O. The van der Waals surface area contributed by atoms with Gasteiger partial charge in [0.25, 0.3) is 0 Å². The molecule has 0 unspecified atom stereocenters. The van der Waals surface area contributed by atoms with Crippen LogP contribution in [0.15, 0.2) is 40.3 Å². The van der Waals surface area contributed by atoms with Crippen molar-refractivity contribution in [2.24, 2.45) is 0 Å². The smallest absolute Gasteiger partial charge is 0.293 e. The van der Waals surface area contributed by atoms with E-state index in [4.69, 9.17) is 0 Å². The van der Waals surface area contributed by atoms with Gasteiger partial charge in [-0.05, 0) is 6.92 Å². The maximum absolute atomic E-state index is 11.9. The number of hydrogen-bond donors (Lipinski definition) is 1. The molecule has 0 saturated carbocycles. The maximum Gasteiger partial charge on any atom is 0.343 e. The first-order valence-electron chi connectivity index (χ1n) is 5.58. The summed E-state index contributed by atoms with van der Waals surface area (Å²) in [6, 6.07) is 9.08. The van der Waals surface area contributed by atoms with E-state index in [-0.39, 0.29) is 17.2 Å². The molecular formula is C12H13N3O2S. The molecule has 0 bridgehead atoms. The van der Waals surface area contributed by atoms with E-state index in [0.717, 1.165) is 0 Å². The number of thioether (sulfide) groups is 1. The predicted molar refractivity (Wildman–Crippen MR) is 70.0 cm³/mol. The summed E-state index contributed by atoms with van der Waals surface area (Å²) in [5.41, 5.74) is 0.429. The molecule has 0 aliphatic heterocycles. The van der Waals surface area contributed by atoms with Gasteiger partial charge in [0.2, 0.25) is 0 Å². The summed E-state index contributed by atoms with van der Waals surface area (Å²) < 4.78 is 1.50. The second-order valence-corrected chi connectivity index (χ2v) is 4.58. The van der Waals surface area contributed by atoms with Gasteiger partial charge in [-0.25, -0.2) is 9.89 Å². The molecule has 2 rings (SSSR count). The number of H-pyrrole nitrogens is 1. The van der Waals surface area contributed by atoms with Gasteiger partial charge in [0.05, 0.1) is 5.75 Å². The molecule has 5 nitrogen and oxygen atoms in total. The lowest BCUT2D eigenvalue weighted by atomic mass is 10.2. The van der Waals surface area contributed by atoms with Crippen LogP contribution in [0.25, 0.3) is 0 Å². The van der Waals surface area contributed by atoms with Crippen LogP contribution in [0, 0.1) is 0 Å². The van der Waals surface area contributed by atoms with E-state index in [1.165, 1.54) is 16.3 Å². The lowest BCUT2D eigenvalue weighted by Crippen LogP contribution is -2.16. The molecule has 2 aromatic rings. The number of carbonyl (C=O) groups is 1. The van der Waals surface area contributed by atoms with Crippen LogP contribution in [0.2, 0.25) is 0 Å². The van der Waals surface area contributed by atoms with Crippen LogP contribution < -0.4 is 5.69 Å². The molecule has 0 amide bonds. The molecule has 0 saturated heterocycles. The van der Waals surface area contributed by atoms with Crippen molar-refractivity contribution in [2.45, 2.75) is 18.6 Å². The van der Waals surface area contributed by atoms with Crippen molar-refractivity contribution in [3.8, 4) is 0 Å². The summed E-state index contributed by atoms with van der Waals surface area (Å²) in [5, 5.41) is 6.81. The third-order valence-electron chi connectivity index (χ3n) is 2.47. The van der Waals surface area contributed by atoms with Gasteiger partial charge in [-0.3, -0.25) is 9.36 Å². The topological polar surface area (TPSA) is 67.8 Å².